The molecule has 0 saturated carbocycles. The number of para-hydroxylation sites is 1. The Morgan fingerprint density at radius 2 is 1.57 bits per heavy atom. The summed E-state index contributed by atoms with van der Waals surface area (Å²) in [7, 11) is 0. The molecule has 0 radical (unpaired) electrons. The first-order valence-electron chi connectivity index (χ1n) is 6.33. The number of anilines is 1. The summed E-state index contributed by atoms with van der Waals surface area (Å²) in [6, 6.07) is 10.1. The van der Waals surface area contributed by atoms with Crippen molar-refractivity contribution in [1.82, 2.24) is 0 Å². The summed E-state index contributed by atoms with van der Waals surface area (Å²) in [6.45, 7) is 3.65. The SMILES string of the molecule is Cc1cc(C)cc(C(=O)Nc2ccccc2C(F)(F)F)c1. The monoisotopic (exact) mass is 293 g/mol. The van der Waals surface area contributed by atoms with Crippen molar-refractivity contribution in [2.75, 3.05) is 5.32 Å². The Labute approximate surface area is 120 Å². The van der Waals surface area contributed by atoms with Crippen LogP contribution in [0.5, 0.6) is 0 Å². The molecule has 1 N–H and O–H groups in total. The van der Waals surface area contributed by atoms with E-state index in [0.29, 0.717) is 5.56 Å². The number of nitrogens with one attached hydrogen (secondary N) is 1. The molecule has 0 unspecified atom stereocenters. The summed E-state index contributed by atoms with van der Waals surface area (Å²) in [5.74, 6) is -0.557. The highest BCUT2D eigenvalue weighted by Gasteiger charge is 2.33. The lowest BCUT2D eigenvalue weighted by molar-refractivity contribution is -0.136. The highest BCUT2D eigenvalue weighted by Crippen LogP contribution is 2.34. The first kappa shape index (κ1) is 15.1. The highest BCUT2D eigenvalue weighted by molar-refractivity contribution is 6.04. The number of carbonyl (C=O) groups is 1. The van der Waals surface area contributed by atoms with Gasteiger partial charge in [0, 0.05) is 5.56 Å². The van der Waals surface area contributed by atoms with Gasteiger partial charge in [0.25, 0.3) is 5.91 Å². The number of carbonyl (C=O) groups excluding carboxylic acids is 1. The predicted octanol–water partition coefficient (Wildman–Crippen LogP) is 4.57. The fraction of sp³-hybridized carbons (Fsp3) is 0.188. The number of benzene rings is 2. The van der Waals surface area contributed by atoms with E-state index in [-0.39, 0.29) is 5.69 Å². The first-order valence-corrected chi connectivity index (χ1v) is 6.33. The molecule has 1 amide bonds. The van der Waals surface area contributed by atoms with Gasteiger partial charge in [0.15, 0.2) is 0 Å². The fourth-order valence-corrected chi connectivity index (χ4v) is 2.14. The van der Waals surface area contributed by atoms with E-state index in [1.165, 1.54) is 18.2 Å². The van der Waals surface area contributed by atoms with Crippen LogP contribution in [0.4, 0.5) is 18.9 Å². The minimum atomic E-state index is -4.51. The Morgan fingerprint density at radius 3 is 2.14 bits per heavy atom. The third-order valence-electron chi connectivity index (χ3n) is 2.96. The standard InChI is InChI=1S/C16H14F3NO/c1-10-7-11(2)9-12(8-10)15(21)20-14-6-4-3-5-13(14)16(17,18)19/h3-9H,1-2H3,(H,20,21). The molecular weight excluding hydrogens is 279 g/mol. The van der Waals surface area contributed by atoms with Crippen LogP contribution in [-0.4, -0.2) is 5.91 Å². The average Bonchev–Trinajstić information content (AvgIpc) is 2.37. The average molecular weight is 293 g/mol. The molecule has 0 aliphatic carbocycles. The van der Waals surface area contributed by atoms with Crippen molar-refractivity contribution in [1.29, 1.82) is 0 Å². The molecule has 0 saturated heterocycles. The zero-order chi connectivity index (χ0) is 15.6. The van der Waals surface area contributed by atoms with Crippen molar-refractivity contribution in [3.8, 4) is 0 Å². The van der Waals surface area contributed by atoms with Crippen molar-refractivity contribution < 1.29 is 18.0 Å². The van der Waals surface area contributed by atoms with Crippen LogP contribution in [0.25, 0.3) is 0 Å². The molecular formula is C16H14F3NO. The lowest BCUT2D eigenvalue weighted by Crippen LogP contribution is -2.16. The minimum Gasteiger partial charge on any atom is -0.321 e. The maximum Gasteiger partial charge on any atom is 0.418 e. The molecule has 5 heteroatoms. The van der Waals surface area contributed by atoms with Crippen LogP contribution in [0.2, 0.25) is 0 Å². The number of rotatable bonds is 2. The van der Waals surface area contributed by atoms with Crippen molar-refractivity contribution in [3.63, 3.8) is 0 Å². The summed E-state index contributed by atoms with van der Waals surface area (Å²) < 4.78 is 38.6. The third kappa shape index (κ3) is 3.62. The Morgan fingerprint density at radius 1 is 1.00 bits per heavy atom. The minimum absolute atomic E-state index is 0.242. The van der Waals surface area contributed by atoms with Crippen molar-refractivity contribution in [2.45, 2.75) is 20.0 Å². The van der Waals surface area contributed by atoms with Gasteiger partial charge in [-0.15, -0.1) is 0 Å². The largest absolute Gasteiger partial charge is 0.418 e. The maximum absolute atomic E-state index is 12.9. The highest BCUT2D eigenvalue weighted by atomic mass is 19.4. The summed E-state index contributed by atoms with van der Waals surface area (Å²) in [5.41, 5.74) is 0.995. The van der Waals surface area contributed by atoms with Crippen molar-refractivity contribution >= 4 is 11.6 Å². The van der Waals surface area contributed by atoms with Crippen LogP contribution in [0, 0.1) is 13.8 Å². The first-order chi connectivity index (χ1) is 9.77. The van der Waals surface area contributed by atoms with Gasteiger partial charge in [0.1, 0.15) is 0 Å². The summed E-state index contributed by atoms with van der Waals surface area (Å²) >= 11 is 0. The topological polar surface area (TPSA) is 29.1 Å². The molecule has 0 bridgehead atoms. The molecule has 0 fully saturated rings. The molecule has 0 aromatic heterocycles. The van der Waals surface area contributed by atoms with Crippen LogP contribution in [0.1, 0.15) is 27.0 Å². The van der Waals surface area contributed by atoms with Gasteiger partial charge < -0.3 is 5.32 Å². The third-order valence-corrected chi connectivity index (χ3v) is 2.96. The number of amides is 1. The van der Waals surface area contributed by atoms with Crippen LogP contribution in [-0.2, 0) is 6.18 Å². The van der Waals surface area contributed by atoms with Crippen molar-refractivity contribution in [3.05, 3.63) is 64.7 Å². The lowest BCUT2D eigenvalue weighted by Gasteiger charge is -2.14. The molecule has 0 atom stereocenters. The van der Waals surface area contributed by atoms with Gasteiger partial charge in [-0.2, -0.15) is 13.2 Å². The summed E-state index contributed by atoms with van der Waals surface area (Å²) in [5, 5.41) is 2.33. The second-order valence-electron chi connectivity index (χ2n) is 4.87. The Kier molecular flexibility index (Phi) is 4.02. The Hall–Kier alpha value is -2.30. The van der Waals surface area contributed by atoms with E-state index in [4.69, 9.17) is 0 Å². The van der Waals surface area contributed by atoms with E-state index < -0.39 is 17.6 Å². The van der Waals surface area contributed by atoms with Crippen LogP contribution >= 0.6 is 0 Å². The van der Waals surface area contributed by atoms with Gasteiger partial charge in [-0.3, -0.25) is 4.79 Å². The molecule has 2 rings (SSSR count). The van der Waals surface area contributed by atoms with Gasteiger partial charge in [-0.1, -0.05) is 29.3 Å². The smallest absolute Gasteiger partial charge is 0.321 e. The summed E-state index contributed by atoms with van der Waals surface area (Å²) in [4.78, 5) is 12.1. The molecule has 21 heavy (non-hydrogen) atoms. The molecule has 2 aromatic rings. The van der Waals surface area contributed by atoms with Crippen molar-refractivity contribution in [2.24, 2.45) is 0 Å². The number of hydrogen-bond acceptors (Lipinski definition) is 1. The van der Waals surface area contributed by atoms with Gasteiger partial charge >= 0.3 is 6.18 Å². The molecule has 0 spiro atoms. The zero-order valence-corrected chi connectivity index (χ0v) is 11.6. The number of alkyl halides is 3. The molecule has 110 valence electrons. The number of hydrogen-bond donors (Lipinski definition) is 1. The van der Waals surface area contributed by atoms with E-state index in [2.05, 4.69) is 5.32 Å². The number of aryl methyl sites for hydroxylation is 2. The Balaban J connectivity index is 2.32. The van der Waals surface area contributed by atoms with E-state index in [1.807, 2.05) is 19.9 Å². The summed E-state index contributed by atoms with van der Waals surface area (Å²) in [6.07, 6.45) is -4.51. The predicted molar refractivity (Wildman–Crippen MR) is 75.3 cm³/mol. The van der Waals surface area contributed by atoms with Gasteiger partial charge in [-0.25, -0.2) is 0 Å². The normalized spacial score (nSPS) is 11.3. The van der Waals surface area contributed by atoms with E-state index in [9.17, 15) is 18.0 Å². The number of halogens is 3. The van der Waals surface area contributed by atoms with Crippen LogP contribution in [0.3, 0.4) is 0 Å². The maximum atomic E-state index is 12.9. The molecule has 2 nitrogen and oxygen atoms in total. The van der Waals surface area contributed by atoms with Gasteiger partial charge in [0.05, 0.1) is 11.3 Å². The quantitative estimate of drug-likeness (QED) is 0.863. The lowest BCUT2D eigenvalue weighted by atomic mass is 10.1. The van der Waals surface area contributed by atoms with Crippen LogP contribution < -0.4 is 5.32 Å². The molecule has 0 heterocycles. The van der Waals surface area contributed by atoms with E-state index >= 15 is 0 Å². The molecule has 0 aliphatic rings. The van der Waals surface area contributed by atoms with E-state index in [0.717, 1.165) is 17.2 Å². The Bertz CT molecular complexity index is 657. The van der Waals surface area contributed by atoms with E-state index in [1.54, 1.807) is 12.1 Å². The molecule has 0 aliphatic heterocycles. The van der Waals surface area contributed by atoms with Crippen LogP contribution in [0.15, 0.2) is 42.5 Å². The second kappa shape index (κ2) is 5.60. The second-order valence-corrected chi connectivity index (χ2v) is 4.87. The molecule has 2 aromatic carbocycles. The fourth-order valence-electron chi connectivity index (χ4n) is 2.14. The van der Waals surface area contributed by atoms with Gasteiger partial charge in [-0.05, 0) is 38.1 Å². The van der Waals surface area contributed by atoms with Gasteiger partial charge in [0.2, 0.25) is 0 Å². The zero-order valence-electron chi connectivity index (χ0n) is 11.6.